The molecule has 0 atom stereocenters. The number of hydrogen-bond acceptors (Lipinski definition) is 2. The number of hydrogen-bond donors (Lipinski definition) is 0. The monoisotopic (exact) mass is 313 g/mol. The first-order valence-corrected chi connectivity index (χ1v) is 7.30. The molecule has 2 heterocycles. The van der Waals surface area contributed by atoms with E-state index < -0.39 is 0 Å². The van der Waals surface area contributed by atoms with E-state index in [-0.39, 0.29) is 0 Å². The van der Waals surface area contributed by atoms with Crippen molar-refractivity contribution in [3.05, 3.63) is 53.1 Å². The Kier molecular flexibility index (Phi) is 2.26. The maximum Gasteiger partial charge on any atom is 0.109 e. The van der Waals surface area contributed by atoms with Gasteiger partial charge < -0.3 is 0 Å². The molecule has 0 spiro atoms. The maximum atomic E-state index is 4.52. The van der Waals surface area contributed by atoms with Crippen LogP contribution in [0.1, 0.15) is 0 Å². The molecule has 0 bridgehead atoms. The topological polar surface area (TPSA) is 12.9 Å². The molecular weight excluding hydrogens is 306 g/mol. The number of rotatable bonds is 0. The van der Waals surface area contributed by atoms with Crippen molar-refractivity contribution in [3.8, 4) is 11.1 Å². The summed E-state index contributed by atoms with van der Waals surface area (Å²) in [5, 5.41) is 3.61. The minimum absolute atomic E-state index is 1.10. The summed E-state index contributed by atoms with van der Waals surface area (Å²) < 4.78 is 1.14. The third kappa shape index (κ3) is 1.38. The molecule has 0 saturated heterocycles. The molecule has 0 saturated carbocycles. The molecule has 0 radical (unpaired) electrons. The van der Waals surface area contributed by atoms with Crippen molar-refractivity contribution in [2.45, 2.75) is 9.92 Å². The lowest BCUT2D eigenvalue weighted by atomic mass is 9.99. The minimum Gasteiger partial charge on any atom is -0.249 e. The zero-order chi connectivity index (χ0) is 12.1. The first kappa shape index (κ1) is 10.6. The maximum absolute atomic E-state index is 4.52. The molecule has 1 aliphatic heterocycles. The van der Waals surface area contributed by atoms with Crippen molar-refractivity contribution in [2.24, 2.45) is 0 Å². The number of pyridine rings is 1. The average molecular weight is 314 g/mol. The summed E-state index contributed by atoms with van der Waals surface area (Å²) in [6, 6.07) is 14.8. The summed E-state index contributed by atoms with van der Waals surface area (Å²) >= 11 is 5.43. The Hall–Kier alpha value is -1.32. The fourth-order valence-corrected chi connectivity index (χ4v) is 4.03. The Bertz CT molecular complexity index is 783. The molecule has 3 heteroatoms. The van der Waals surface area contributed by atoms with Gasteiger partial charge in [-0.15, -0.1) is 0 Å². The molecule has 3 aromatic rings. The van der Waals surface area contributed by atoms with Crippen LogP contribution in [0.3, 0.4) is 0 Å². The standard InChI is InChI=1S/C15H8BrNS/c16-11-6-5-9-7-8-17-15-13(9)14(11)10-3-1-2-4-12(10)18-15/h1-8H. The van der Waals surface area contributed by atoms with Gasteiger partial charge in [0.25, 0.3) is 0 Å². The summed E-state index contributed by atoms with van der Waals surface area (Å²) in [5.41, 5.74) is 2.56. The molecule has 2 aromatic carbocycles. The Morgan fingerprint density at radius 2 is 1.89 bits per heavy atom. The molecule has 1 nitrogen and oxygen atoms in total. The highest BCUT2D eigenvalue weighted by molar-refractivity contribution is 9.10. The lowest BCUT2D eigenvalue weighted by Gasteiger charge is -2.20. The van der Waals surface area contributed by atoms with Gasteiger partial charge in [-0.2, -0.15) is 0 Å². The van der Waals surface area contributed by atoms with Crippen LogP contribution >= 0.6 is 27.7 Å². The second kappa shape index (κ2) is 3.84. The van der Waals surface area contributed by atoms with Gasteiger partial charge >= 0.3 is 0 Å². The largest absolute Gasteiger partial charge is 0.249 e. The second-order valence-corrected chi connectivity index (χ2v) is 6.12. The van der Waals surface area contributed by atoms with E-state index in [1.165, 1.54) is 26.8 Å². The fourth-order valence-electron chi connectivity index (χ4n) is 2.42. The van der Waals surface area contributed by atoms with Crippen molar-refractivity contribution in [3.63, 3.8) is 0 Å². The molecule has 1 aliphatic rings. The van der Waals surface area contributed by atoms with Gasteiger partial charge in [0, 0.05) is 26.5 Å². The normalized spacial score (nSPS) is 12.5. The number of aromatic nitrogens is 1. The van der Waals surface area contributed by atoms with Crippen molar-refractivity contribution in [1.29, 1.82) is 0 Å². The smallest absolute Gasteiger partial charge is 0.109 e. The van der Waals surface area contributed by atoms with Gasteiger partial charge in [-0.1, -0.05) is 52.0 Å². The van der Waals surface area contributed by atoms with Gasteiger partial charge in [0.1, 0.15) is 5.03 Å². The Labute approximate surface area is 117 Å². The van der Waals surface area contributed by atoms with Gasteiger partial charge in [0.05, 0.1) is 0 Å². The quantitative estimate of drug-likeness (QED) is 0.446. The number of halogens is 1. The van der Waals surface area contributed by atoms with Gasteiger partial charge in [0.15, 0.2) is 0 Å². The van der Waals surface area contributed by atoms with E-state index in [0.29, 0.717) is 0 Å². The number of benzene rings is 2. The average Bonchev–Trinajstić information content (AvgIpc) is 2.41. The second-order valence-electron chi connectivity index (χ2n) is 4.23. The molecule has 0 fully saturated rings. The van der Waals surface area contributed by atoms with Crippen molar-refractivity contribution in [2.75, 3.05) is 0 Å². The van der Waals surface area contributed by atoms with Crippen LogP contribution in [0.25, 0.3) is 21.9 Å². The summed E-state index contributed by atoms with van der Waals surface area (Å²) in [5.74, 6) is 0. The van der Waals surface area contributed by atoms with Crippen LogP contribution in [0, 0.1) is 0 Å². The predicted molar refractivity (Wildman–Crippen MR) is 79.0 cm³/mol. The zero-order valence-electron chi connectivity index (χ0n) is 9.35. The van der Waals surface area contributed by atoms with Gasteiger partial charge in [0.2, 0.25) is 0 Å². The molecule has 0 aliphatic carbocycles. The SMILES string of the molecule is Brc1ccc2ccnc3c2c1-c1ccccc1S3. The van der Waals surface area contributed by atoms with E-state index in [4.69, 9.17) is 0 Å². The van der Waals surface area contributed by atoms with Crippen LogP contribution in [0.4, 0.5) is 0 Å². The van der Waals surface area contributed by atoms with E-state index in [0.717, 1.165) is 9.50 Å². The van der Waals surface area contributed by atoms with Gasteiger partial charge in [-0.05, 0) is 29.1 Å². The van der Waals surface area contributed by atoms with E-state index in [9.17, 15) is 0 Å². The zero-order valence-corrected chi connectivity index (χ0v) is 11.8. The van der Waals surface area contributed by atoms with E-state index in [2.05, 4.69) is 63.4 Å². The lowest BCUT2D eigenvalue weighted by Crippen LogP contribution is -1.95. The highest BCUT2D eigenvalue weighted by Gasteiger charge is 2.21. The first-order chi connectivity index (χ1) is 8.84. The van der Waals surface area contributed by atoms with Crippen molar-refractivity contribution in [1.82, 2.24) is 4.98 Å². The third-order valence-corrected chi connectivity index (χ3v) is 4.95. The van der Waals surface area contributed by atoms with Crippen LogP contribution in [-0.2, 0) is 0 Å². The first-order valence-electron chi connectivity index (χ1n) is 5.69. The third-order valence-electron chi connectivity index (χ3n) is 3.21. The Morgan fingerprint density at radius 3 is 2.83 bits per heavy atom. The van der Waals surface area contributed by atoms with Crippen LogP contribution in [0.2, 0.25) is 0 Å². The summed E-state index contributed by atoms with van der Waals surface area (Å²) in [6.45, 7) is 0. The van der Waals surface area contributed by atoms with E-state index in [1.54, 1.807) is 11.8 Å². The highest BCUT2D eigenvalue weighted by atomic mass is 79.9. The van der Waals surface area contributed by atoms with Crippen LogP contribution in [-0.4, -0.2) is 4.98 Å². The van der Waals surface area contributed by atoms with Gasteiger partial charge in [-0.25, -0.2) is 4.98 Å². The van der Waals surface area contributed by atoms with Crippen molar-refractivity contribution >= 4 is 38.5 Å². The molecule has 0 N–H and O–H groups in total. The summed E-state index contributed by atoms with van der Waals surface area (Å²) in [4.78, 5) is 5.79. The van der Waals surface area contributed by atoms with Gasteiger partial charge in [-0.3, -0.25) is 0 Å². The summed E-state index contributed by atoms with van der Waals surface area (Å²) in [7, 11) is 0. The van der Waals surface area contributed by atoms with E-state index >= 15 is 0 Å². The molecule has 4 rings (SSSR count). The minimum atomic E-state index is 1.10. The molecule has 1 aromatic heterocycles. The molecule has 18 heavy (non-hydrogen) atoms. The fraction of sp³-hybridized carbons (Fsp3) is 0. The molecule has 86 valence electrons. The van der Waals surface area contributed by atoms with Crippen LogP contribution in [0.5, 0.6) is 0 Å². The van der Waals surface area contributed by atoms with E-state index in [1.807, 2.05) is 6.20 Å². The van der Waals surface area contributed by atoms with Crippen LogP contribution in [0.15, 0.2) is 63.1 Å². The number of fused-ring (bicyclic) bond motifs is 2. The highest BCUT2D eigenvalue weighted by Crippen LogP contribution is 2.49. The van der Waals surface area contributed by atoms with Crippen molar-refractivity contribution < 1.29 is 0 Å². The lowest BCUT2D eigenvalue weighted by molar-refractivity contribution is 1.16. The Balaban J connectivity index is 2.25. The molecule has 0 amide bonds. The number of nitrogens with zero attached hydrogens (tertiary/aromatic N) is 1. The predicted octanol–water partition coefficient (Wildman–Crippen LogP) is 5.13. The Morgan fingerprint density at radius 1 is 1.00 bits per heavy atom. The molecule has 0 unspecified atom stereocenters. The molecular formula is C15H8BrNS. The van der Waals surface area contributed by atoms with Crippen LogP contribution < -0.4 is 0 Å². The summed E-state index contributed by atoms with van der Waals surface area (Å²) in [6.07, 6.45) is 1.89.